The molecule has 4 nitrogen and oxygen atoms in total. The molecule has 3 heterocycles. The molecular formula is C22H19ClFN3O. The number of fused-ring (bicyclic) bond motifs is 4. The molecule has 0 unspecified atom stereocenters. The minimum atomic E-state index is -0.388. The third-order valence-electron chi connectivity index (χ3n) is 5.81. The van der Waals surface area contributed by atoms with E-state index < -0.39 is 0 Å². The maximum Gasteiger partial charge on any atom is 0.253 e. The zero-order valence-corrected chi connectivity index (χ0v) is 15.9. The second-order valence-corrected chi connectivity index (χ2v) is 7.87. The van der Waals surface area contributed by atoms with Gasteiger partial charge in [-0.3, -0.25) is 4.79 Å². The number of benzene rings is 2. The van der Waals surface area contributed by atoms with Crippen molar-refractivity contribution >= 4 is 23.2 Å². The van der Waals surface area contributed by atoms with Crippen LogP contribution in [0.1, 0.15) is 28.9 Å². The summed E-state index contributed by atoms with van der Waals surface area (Å²) in [6.07, 6.45) is 3.61. The molecule has 2 aliphatic heterocycles. The van der Waals surface area contributed by atoms with Crippen LogP contribution in [0.4, 0.5) is 10.1 Å². The SMILES string of the molecule is O=C(c1cccc(F)c1)N1CCC2(CC1)Nc1ccc(Cl)cc1-n1cccc12. The van der Waals surface area contributed by atoms with E-state index in [9.17, 15) is 9.18 Å². The minimum Gasteiger partial charge on any atom is -0.372 e. The average molecular weight is 396 g/mol. The number of rotatable bonds is 1. The van der Waals surface area contributed by atoms with Crippen LogP contribution in [0.2, 0.25) is 5.02 Å². The van der Waals surface area contributed by atoms with Gasteiger partial charge in [0.2, 0.25) is 0 Å². The molecule has 1 N–H and O–H groups in total. The molecule has 2 aromatic carbocycles. The Labute approximate surface area is 167 Å². The lowest BCUT2D eigenvalue weighted by Gasteiger charge is -2.46. The standard InChI is InChI=1S/C22H19ClFN3O/c23-16-6-7-18-19(14-16)27-10-2-5-20(27)22(25-18)8-11-26(12-9-22)21(28)15-3-1-4-17(24)13-15/h1-7,10,13-14,25H,8-9,11-12H2. The Kier molecular flexibility index (Phi) is 3.95. The van der Waals surface area contributed by atoms with Gasteiger partial charge in [-0.25, -0.2) is 4.39 Å². The molecule has 28 heavy (non-hydrogen) atoms. The number of aromatic nitrogens is 1. The second kappa shape index (κ2) is 6.38. The van der Waals surface area contributed by atoms with Crippen molar-refractivity contribution in [3.05, 3.63) is 82.9 Å². The van der Waals surface area contributed by atoms with Crippen molar-refractivity contribution in [2.75, 3.05) is 18.4 Å². The van der Waals surface area contributed by atoms with Gasteiger partial charge in [0.1, 0.15) is 5.82 Å². The van der Waals surface area contributed by atoms with Gasteiger partial charge in [-0.15, -0.1) is 0 Å². The van der Waals surface area contributed by atoms with Crippen molar-refractivity contribution in [1.29, 1.82) is 0 Å². The van der Waals surface area contributed by atoms with Crippen LogP contribution < -0.4 is 5.32 Å². The Hall–Kier alpha value is -2.79. The number of halogens is 2. The van der Waals surface area contributed by atoms with Gasteiger partial charge < -0.3 is 14.8 Å². The molecule has 3 aromatic rings. The summed E-state index contributed by atoms with van der Waals surface area (Å²) in [5.41, 5.74) is 3.42. The number of hydrogen-bond donors (Lipinski definition) is 1. The topological polar surface area (TPSA) is 37.3 Å². The number of likely N-dealkylation sites (tertiary alicyclic amines) is 1. The van der Waals surface area contributed by atoms with Crippen molar-refractivity contribution in [3.8, 4) is 5.69 Å². The van der Waals surface area contributed by atoms with Crippen molar-refractivity contribution in [2.24, 2.45) is 0 Å². The summed E-state index contributed by atoms with van der Waals surface area (Å²) in [7, 11) is 0. The Balaban J connectivity index is 1.42. The summed E-state index contributed by atoms with van der Waals surface area (Å²) in [5.74, 6) is -0.505. The van der Waals surface area contributed by atoms with E-state index in [4.69, 9.17) is 11.6 Å². The third-order valence-corrected chi connectivity index (χ3v) is 6.04. The first-order valence-corrected chi connectivity index (χ1v) is 9.74. The maximum absolute atomic E-state index is 13.5. The number of carbonyl (C=O) groups excluding carboxylic acids is 1. The lowest BCUT2D eigenvalue weighted by molar-refractivity contribution is 0.0676. The zero-order valence-electron chi connectivity index (χ0n) is 15.2. The monoisotopic (exact) mass is 395 g/mol. The zero-order chi connectivity index (χ0) is 19.3. The molecular weight excluding hydrogens is 377 g/mol. The van der Waals surface area contributed by atoms with E-state index in [0.717, 1.165) is 24.2 Å². The Morgan fingerprint density at radius 1 is 1.07 bits per heavy atom. The van der Waals surface area contributed by atoms with Crippen molar-refractivity contribution in [3.63, 3.8) is 0 Å². The number of nitrogens with zero attached hydrogens (tertiary/aromatic N) is 2. The first kappa shape index (κ1) is 17.3. The lowest BCUT2D eigenvalue weighted by Crippen LogP contribution is -2.51. The molecule has 5 rings (SSSR count). The van der Waals surface area contributed by atoms with Crippen LogP contribution >= 0.6 is 11.6 Å². The summed E-state index contributed by atoms with van der Waals surface area (Å²) in [5, 5.41) is 4.41. The van der Waals surface area contributed by atoms with E-state index in [1.54, 1.807) is 12.1 Å². The highest BCUT2D eigenvalue weighted by molar-refractivity contribution is 6.30. The highest BCUT2D eigenvalue weighted by atomic mass is 35.5. The van der Waals surface area contributed by atoms with Gasteiger partial charge in [-0.2, -0.15) is 0 Å². The van der Waals surface area contributed by atoms with Crippen molar-refractivity contribution in [2.45, 2.75) is 18.4 Å². The highest BCUT2D eigenvalue weighted by Crippen LogP contribution is 2.44. The molecule has 1 spiro atoms. The van der Waals surface area contributed by atoms with Crippen LogP contribution in [-0.2, 0) is 5.54 Å². The van der Waals surface area contributed by atoms with Gasteiger partial charge in [0.25, 0.3) is 5.91 Å². The Morgan fingerprint density at radius 3 is 2.68 bits per heavy atom. The Morgan fingerprint density at radius 2 is 1.89 bits per heavy atom. The first-order chi connectivity index (χ1) is 13.6. The molecule has 2 aliphatic rings. The van der Waals surface area contributed by atoms with E-state index in [0.29, 0.717) is 23.7 Å². The summed E-state index contributed by atoms with van der Waals surface area (Å²) in [6.45, 7) is 1.22. The molecule has 6 heteroatoms. The quantitative estimate of drug-likeness (QED) is 0.641. The van der Waals surface area contributed by atoms with E-state index in [-0.39, 0.29) is 17.3 Å². The molecule has 0 atom stereocenters. The average Bonchev–Trinajstić information content (AvgIpc) is 3.20. The van der Waals surface area contributed by atoms with Crippen molar-refractivity contribution < 1.29 is 9.18 Å². The van der Waals surface area contributed by atoms with E-state index in [1.165, 1.54) is 17.8 Å². The largest absolute Gasteiger partial charge is 0.372 e. The fraction of sp³-hybridized carbons (Fsp3) is 0.227. The molecule has 1 saturated heterocycles. The van der Waals surface area contributed by atoms with Crippen LogP contribution in [-0.4, -0.2) is 28.5 Å². The van der Waals surface area contributed by atoms with Gasteiger partial charge in [-0.05, 0) is 61.4 Å². The lowest BCUT2D eigenvalue weighted by atomic mass is 9.82. The van der Waals surface area contributed by atoms with Gasteiger partial charge >= 0.3 is 0 Å². The number of nitrogens with one attached hydrogen (secondary N) is 1. The van der Waals surface area contributed by atoms with Gasteiger partial charge in [-0.1, -0.05) is 17.7 Å². The van der Waals surface area contributed by atoms with Crippen LogP contribution in [0.5, 0.6) is 0 Å². The molecule has 1 amide bonds. The van der Waals surface area contributed by atoms with Gasteiger partial charge in [0, 0.05) is 35.6 Å². The number of anilines is 1. The summed E-state index contributed by atoms with van der Waals surface area (Å²) in [6, 6.07) is 15.9. The molecule has 0 bridgehead atoms. The number of carbonyl (C=O) groups is 1. The molecule has 142 valence electrons. The highest BCUT2D eigenvalue weighted by Gasteiger charge is 2.42. The third kappa shape index (κ3) is 2.69. The molecule has 1 aromatic heterocycles. The summed E-state index contributed by atoms with van der Waals surface area (Å²) < 4.78 is 15.7. The predicted octanol–water partition coefficient (Wildman–Crippen LogP) is 4.83. The van der Waals surface area contributed by atoms with Crippen molar-refractivity contribution in [1.82, 2.24) is 9.47 Å². The van der Waals surface area contributed by atoms with Crippen LogP contribution in [0, 0.1) is 5.82 Å². The van der Waals surface area contributed by atoms with E-state index >= 15 is 0 Å². The maximum atomic E-state index is 13.5. The summed E-state index contributed by atoms with van der Waals surface area (Å²) in [4.78, 5) is 14.6. The van der Waals surface area contributed by atoms with E-state index in [2.05, 4.69) is 22.1 Å². The molecule has 1 fully saturated rings. The van der Waals surface area contributed by atoms with Crippen LogP contribution in [0.3, 0.4) is 0 Å². The van der Waals surface area contributed by atoms with Crippen LogP contribution in [0.25, 0.3) is 5.69 Å². The van der Waals surface area contributed by atoms with E-state index in [1.807, 2.05) is 29.2 Å². The number of piperidine rings is 1. The minimum absolute atomic E-state index is 0.118. The first-order valence-electron chi connectivity index (χ1n) is 9.37. The number of amides is 1. The van der Waals surface area contributed by atoms with Crippen LogP contribution in [0.15, 0.2) is 60.8 Å². The fourth-order valence-corrected chi connectivity index (χ4v) is 4.56. The predicted molar refractivity (Wildman–Crippen MR) is 108 cm³/mol. The normalized spacial score (nSPS) is 17.0. The number of hydrogen-bond acceptors (Lipinski definition) is 2. The summed E-state index contributed by atoms with van der Waals surface area (Å²) >= 11 is 6.20. The van der Waals surface area contributed by atoms with Gasteiger partial charge in [0.05, 0.1) is 16.9 Å². The second-order valence-electron chi connectivity index (χ2n) is 7.43. The van der Waals surface area contributed by atoms with Gasteiger partial charge in [0.15, 0.2) is 0 Å². The molecule has 0 radical (unpaired) electrons. The Bertz CT molecular complexity index is 1070. The molecule has 0 saturated carbocycles. The molecule has 0 aliphatic carbocycles. The fourth-order valence-electron chi connectivity index (χ4n) is 4.39. The smallest absolute Gasteiger partial charge is 0.253 e.